The zero-order chi connectivity index (χ0) is 11.4. The third kappa shape index (κ3) is 4.19. The lowest BCUT2D eigenvalue weighted by Crippen LogP contribution is -2.46. The van der Waals surface area contributed by atoms with Crippen molar-refractivity contribution in [3.63, 3.8) is 0 Å². The lowest BCUT2D eigenvalue weighted by molar-refractivity contribution is -0.139. The number of methoxy groups -OCH3 is 1. The number of carbonyl (C=O) groups is 1. The van der Waals surface area contributed by atoms with Gasteiger partial charge in [-0.15, -0.1) is 0 Å². The predicted octanol–water partition coefficient (Wildman–Crippen LogP) is 0.295. The highest BCUT2D eigenvalue weighted by atomic mass is 32.2. The zero-order valence-electron chi connectivity index (χ0n) is 9.42. The summed E-state index contributed by atoms with van der Waals surface area (Å²) in [5.41, 5.74) is -0.824. The molecule has 0 saturated carbocycles. The Labute approximate surface area is 87.9 Å². The van der Waals surface area contributed by atoms with E-state index in [0.29, 0.717) is 6.54 Å². The van der Waals surface area contributed by atoms with Crippen LogP contribution in [0.25, 0.3) is 0 Å². The van der Waals surface area contributed by atoms with Crippen LogP contribution < -0.4 is 5.32 Å². The Morgan fingerprint density at radius 3 is 2.43 bits per heavy atom. The molecule has 1 N–H and O–H groups in total. The van der Waals surface area contributed by atoms with Gasteiger partial charge < -0.3 is 10.1 Å². The summed E-state index contributed by atoms with van der Waals surface area (Å²) in [7, 11) is 0.576. The highest BCUT2D eigenvalue weighted by molar-refractivity contribution is 7.84. The lowest BCUT2D eigenvalue weighted by Gasteiger charge is -2.22. The first-order valence-corrected chi connectivity index (χ1v) is 6.09. The van der Waals surface area contributed by atoms with Gasteiger partial charge in [-0.2, -0.15) is 0 Å². The predicted molar refractivity (Wildman–Crippen MR) is 57.6 cm³/mol. The molecule has 0 bridgehead atoms. The fourth-order valence-electron chi connectivity index (χ4n) is 0.659. The summed E-state index contributed by atoms with van der Waals surface area (Å²) < 4.78 is 16.0. The maximum absolute atomic E-state index is 11.5. The number of ether oxygens (including phenoxy) is 1. The first-order chi connectivity index (χ1) is 6.31. The van der Waals surface area contributed by atoms with Gasteiger partial charge in [0.15, 0.2) is 0 Å². The first-order valence-electron chi connectivity index (χ1n) is 4.47. The van der Waals surface area contributed by atoms with Gasteiger partial charge in [-0.25, -0.2) is 0 Å². The first kappa shape index (κ1) is 13.6. The van der Waals surface area contributed by atoms with Crippen LogP contribution in [0.2, 0.25) is 0 Å². The molecule has 0 aromatic carbocycles. The van der Waals surface area contributed by atoms with Gasteiger partial charge in [-0.05, 0) is 20.8 Å². The highest BCUT2D eigenvalue weighted by Gasteiger charge is 2.26. The van der Waals surface area contributed by atoms with E-state index in [2.05, 4.69) is 5.32 Å². The van der Waals surface area contributed by atoms with Crippen LogP contribution in [0.4, 0.5) is 0 Å². The SMILES string of the molecule is COC(C)(C)C(=O)NCC(C)S(C)=O. The lowest BCUT2D eigenvalue weighted by atomic mass is 10.1. The summed E-state index contributed by atoms with van der Waals surface area (Å²) in [6.45, 7) is 5.62. The van der Waals surface area contributed by atoms with Crippen LogP contribution in [-0.2, 0) is 20.3 Å². The van der Waals surface area contributed by atoms with Gasteiger partial charge in [0.05, 0.1) is 0 Å². The standard InChI is InChI=1S/C9H19NO3S/c1-7(14(5)12)6-10-8(11)9(2,3)13-4/h7H,6H2,1-5H3,(H,10,11). The Balaban J connectivity index is 4.03. The highest BCUT2D eigenvalue weighted by Crippen LogP contribution is 2.06. The van der Waals surface area contributed by atoms with Gasteiger partial charge in [0, 0.05) is 36.0 Å². The van der Waals surface area contributed by atoms with E-state index in [0.717, 1.165) is 0 Å². The molecular weight excluding hydrogens is 202 g/mol. The maximum Gasteiger partial charge on any atom is 0.251 e. The van der Waals surface area contributed by atoms with Crippen molar-refractivity contribution in [2.45, 2.75) is 31.6 Å². The van der Waals surface area contributed by atoms with Gasteiger partial charge in [-0.3, -0.25) is 9.00 Å². The van der Waals surface area contributed by atoms with E-state index in [9.17, 15) is 9.00 Å². The molecule has 0 aromatic heterocycles. The molecular formula is C9H19NO3S. The van der Waals surface area contributed by atoms with E-state index in [1.54, 1.807) is 20.1 Å². The molecule has 0 radical (unpaired) electrons. The minimum Gasteiger partial charge on any atom is -0.369 e. The van der Waals surface area contributed by atoms with Crippen molar-refractivity contribution in [1.29, 1.82) is 0 Å². The molecule has 0 aliphatic rings. The van der Waals surface area contributed by atoms with E-state index in [4.69, 9.17) is 4.74 Å². The average Bonchev–Trinajstić information content (AvgIpc) is 2.13. The van der Waals surface area contributed by atoms with Crippen molar-refractivity contribution >= 4 is 16.7 Å². The van der Waals surface area contributed by atoms with Gasteiger partial charge in [-0.1, -0.05) is 0 Å². The smallest absolute Gasteiger partial charge is 0.251 e. The molecule has 0 rings (SSSR count). The zero-order valence-corrected chi connectivity index (χ0v) is 10.2. The van der Waals surface area contributed by atoms with E-state index in [1.807, 2.05) is 6.92 Å². The topological polar surface area (TPSA) is 55.4 Å². The number of hydrogen-bond donors (Lipinski definition) is 1. The molecule has 5 heteroatoms. The fraction of sp³-hybridized carbons (Fsp3) is 0.889. The van der Waals surface area contributed by atoms with Crippen LogP contribution in [0.1, 0.15) is 20.8 Å². The Morgan fingerprint density at radius 2 is 2.07 bits per heavy atom. The van der Waals surface area contributed by atoms with Gasteiger partial charge in [0.2, 0.25) is 0 Å². The van der Waals surface area contributed by atoms with Gasteiger partial charge in [0.1, 0.15) is 5.60 Å². The Kier molecular flexibility index (Phi) is 5.29. The maximum atomic E-state index is 11.5. The van der Waals surface area contributed by atoms with Crippen molar-refractivity contribution < 1.29 is 13.7 Å². The quantitative estimate of drug-likeness (QED) is 0.726. The van der Waals surface area contributed by atoms with Gasteiger partial charge in [0.25, 0.3) is 5.91 Å². The number of hydrogen-bond acceptors (Lipinski definition) is 3. The van der Waals surface area contributed by atoms with Crippen LogP contribution in [-0.4, -0.2) is 40.9 Å². The van der Waals surface area contributed by atoms with Gasteiger partial charge >= 0.3 is 0 Å². The third-order valence-corrected chi connectivity index (χ3v) is 3.47. The number of rotatable bonds is 5. The van der Waals surface area contributed by atoms with E-state index >= 15 is 0 Å². The molecule has 0 aliphatic carbocycles. The van der Waals surface area contributed by atoms with Crippen molar-refractivity contribution in [3.05, 3.63) is 0 Å². The molecule has 14 heavy (non-hydrogen) atoms. The second-order valence-corrected chi connectivity index (χ2v) is 5.54. The largest absolute Gasteiger partial charge is 0.369 e. The van der Waals surface area contributed by atoms with E-state index in [-0.39, 0.29) is 11.2 Å². The van der Waals surface area contributed by atoms with E-state index in [1.165, 1.54) is 7.11 Å². The fourth-order valence-corrected chi connectivity index (χ4v) is 0.977. The van der Waals surface area contributed by atoms with Crippen molar-refractivity contribution in [2.24, 2.45) is 0 Å². The normalized spacial score (nSPS) is 16.1. The summed E-state index contributed by atoms with van der Waals surface area (Å²) in [4.78, 5) is 11.5. The molecule has 0 saturated heterocycles. The minimum absolute atomic E-state index is 0.0355. The molecule has 0 aromatic rings. The second kappa shape index (κ2) is 5.46. The van der Waals surface area contributed by atoms with Crippen LogP contribution in [0.3, 0.4) is 0 Å². The monoisotopic (exact) mass is 221 g/mol. The molecule has 0 heterocycles. The molecule has 1 amide bonds. The summed E-state index contributed by atoms with van der Waals surface area (Å²) in [6.07, 6.45) is 1.62. The van der Waals surface area contributed by atoms with Crippen LogP contribution in [0.15, 0.2) is 0 Å². The number of carbonyl (C=O) groups excluding carboxylic acids is 1. The molecule has 2 atom stereocenters. The summed E-state index contributed by atoms with van der Waals surface area (Å²) in [5, 5.41) is 2.66. The third-order valence-electron chi connectivity index (χ3n) is 2.17. The van der Waals surface area contributed by atoms with Crippen molar-refractivity contribution in [2.75, 3.05) is 19.9 Å². The average molecular weight is 221 g/mol. The molecule has 0 spiro atoms. The van der Waals surface area contributed by atoms with Crippen LogP contribution in [0, 0.1) is 0 Å². The van der Waals surface area contributed by atoms with Crippen LogP contribution in [0.5, 0.6) is 0 Å². The van der Waals surface area contributed by atoms with Crippen molar-refractivity contribution in [3.8, 4) is 0 Å². The molecule has 84 valence electrons. The minimum atomic E-state index is -0.911. The molecule has 4 nitrogen and oxygen atoms in total. The second-order valence-electron chi connectivity index (χ2n) is 3.73. The number of nitrogens with one attached hydrogen (secondary N) is 1. The summed E-state index contributed by atoms with van der Waals surface area (Å²) in [6, 6.07) is 0. The molecule has 0 fully saturated rings. The summed E-state index contributed by atoms with van der Waals surface area (Å²) in [5.74, 6) is -0.183. The number of amides is 1. The Morgan fingerprint density at radius 1 is 1.57 bits per heavy atom. The van der Waals surface area contributed by atoms with E-state index < -0.39 is 16.4 Å². The Bertz CT molecular complexity index is 228. The molecule has 0 aliphatic heterocycles. The van der Waals surface area contributed by atoms with Crippen molar-refractivity contribution in [1.82, 2.24) is 5.32 Å². The summed E-state index contributed by atoms with van der Waals surface area (Å²) >= 11 is 0. The van der Waals surface area contributed by atoms with Crippen LogP contribution >= 0.6 is 0 Å². The molecule has 2 unspecified atom stereocenters. The Hall–Kier alpha value is -0.420.